The number of piperidine rings is 1. The van der Waals surface area contributed by atoms with Crippen LogP contribution in [0.2, 0.25) is 0 Å². The predicted molar refractivity (Wildman–Crippen MR) is 115 cm³/mol. The second-order valence-electron chi connectivity index (χ2n) is 8.54. The van der Waals surface area contributed by atoms with Crippen molar-refractivity contribution in [3.05, 3.63) is 65.7 Å². The van der Waals surface area contributed by atoms with E-state index in [1.807, 2.05) is 18.2 Å². The number of quaternary nitrogens is 1. The number of fused-ring (bicyclic) bond motifs is 1. The fourth-order valence-corrected chi connectivity index (χ4v) is 5.35. The SMILES string of the molecule is COc1cc([C@H]2[C@@H]3CCCC[C@]3(O)CC[NH+]2C/C=C/c2ccccc2)ccc1O. The molecule has 4 heteroatoms. The van der Waals surface area contributed by atoms with Gasteiger partial charge in [0.05, 0.1) is 25.8 Å². The van der Waals surface area contributed by atoms with E-state index in [1.165, 1.54) is 16.9 Å². The van der Waals surface area contributed by atoms with Gasteiger partial charge in [-0.2, -0.15) is 0 Å². The maximum atomic E-state index is 11.4. The number of nitrogens with one attached hydrogen (secondary N) is 1. The highest BCUT2D eigenvalue weighted by molar-refractivity contribution is 5.48. The van der Waals surface area contributed by atoms with Crippen LogP contribution in [0.4, 0.5) is 0 Å². The van der Waals surface area contributed by atoms with E-state index < -0.39 is 5.60 Å². The van der Waals surface area contributed by atoms with E-state index >= 15 is 0 Å². The van der Waals surface area contributed by atoms with Crippen LogP contribution in [0.25, 0.3) is 6.08 Å². The molecule has 2 aromatic rings. The van der Waals surface area contributed by atoms with Crippen LogP contribution in [0.3, 0.4) is 0 Å². The van der Waals surface area contributed by atoms with Crippen molar-refractivity contribution in [1.29, 1.82) is 0 Å². The normalized spacial score (nSPS) is 29.5. The first-order valence-corrected chi connectivity index (χ1v) is 10.8. The molecule has 4 nitrogen and oxygen atoms in total. The highest BCUT2D eigenvalue weighted by Crippen LogP contribution is 2.45. The summed E-state index contributed by atoms with van der Waals surface area (Å²) in [6, 6.07) is 16.3. The molecule has 4 atom stereocenters. The van der Waals surface area contributed by atoms with Crippen molar-refractivity contribution in [2.75, 3.05) is 20.2 Å². The molecule has 29 heavy (non-hydrogen) atoms. The second-order valence-corrected chi connectivity index (χ2v) is 8.54. The Bertz CT molecular complexity index is 850. The molecule has 0 bridgehead atoms. The maximum absolute atomic E-state index is 11.4. The predicted octanol–water partition coefficient (Wildman–Crippen LogP) is 3.37. The number of phenolic OH excluding ortho intramolecular Hbond substituents is 1. The van der Waals surface area contributed by atoms with E-state index in [0.717, 1.165) is 44.3 Å². The quantitative estimate of drug-likeness (QED) is 0.729. The maximum Gasteiger partial charge on any atom is 0.160 e. The monoisotopic (exact) mass is 394 g/mol. The molecule has 1 unspecified atom stereocenters. The van der Waals surface area contributed by atoms with Gasteiger partial charge in [-0.3, -0.25) is 0 Å². The van der Waals surface area contributed by atoms with E-state index in [9.17, 15) is 10.2 Å². The summed E-state index contributed by atoms with van der Waals surface area (Å²) < 4.78 is 5.38. The smallest absolute Gasteiger partial charge is 0.160 e. The third-order valence-electron chi connectivity index (χ3n) is 6.84. The van der Waals surface area contributed by atoms with Crippen molar-refractivity contribution < 1.29 is 19.8 Å². The van der Waals surface area contributed by atoms with E-state index in [0.29, 0.717) is 5.75 Å². The van der Waals surface area contributed by atoms with Gasteiger partial charge in [0.15, 0.2) is 11.5 Å². The van der Waals surface area contributed by atoms with Gasteiger partial charge in [-0.25, -0.2) is 0 Å². The summed E-state index contributed by atoms with van der Waals surface area (Å²) in [5.74, 6) is 0.905. The van der Waals surface area contributed by atoms with E-state index in [4.69, 9.17) is 4.74 Å². The minimum absolute atomic E-state index is 0.163. The van der Waals surface area contributed by atoms with E-state index in [1.54, 1.807) is 13.2 Å². The van der Waals surface area contributed by atoms with Gasteiger partial charge in [-0.1, -0.05) is 49.2 Å². The molecule has 2 aliphatic rings. The van der Waals surface area contributed by atoms with Gasteiger partial charge in [0.1, 0.15) is 6.04 Å². The molecular formula is C25H32NO3+. The van der Waals surface area contributed by atoms with Crippen LogP contribution in [-0.2, 0) is 0 Å². The van der Waals surface area contributed by atoms with Crippen LogP contribution in [0.15, 0.2) is 54.6 Å². The average Bonchev–Trinajstić information content (AvgIpc) is 2.75. The molecule has 3 N–H and O–H groups in total. The van der Waals surface area contributed by atoms with Crippen molar-refractivity contribution in [3.63, 3.8) is 0 Å². The number of phenols is 1. The number of ether oxygens (including phenoxy) is 1. The Morgan fingerprint density at radius 1 is 1.14 bits per heavy atom. The second kappa shape index (κ2) is 8.60. The number of rotatable bonds is 5. The van der Waals surface area contributed by atoms with Crippen LogP contribution in [-0.4, -0.2) is 36.0 Å². The van der Waals surface area contributed by atoms with Gasteiger partial charge in [0.25, 0.3) is 0 Å². The number of aromatic hydroxyl groups is 1. The Hall–Kier alpha value is -2.30. The van der Waals surface area contributed by atoms with E-state index in [-0.39, 0.29) is 17.7 Å². The Balaban J connectivity index is 1.63. The van der Waals surface area contributed by atoms with Crippen LogP contribution >= 0.6 is 0 Å². The fourth-order valence-electron chi connectivity index (χ4n) is 5.35. The lowest BCUT2D eigenvalue weighted by Gasteiger charge is -2.50. The number of hydrogen-bond acceptors (Lipinski definition) is 3. The number of methoxy groups -OCH3 is 1. The molecule has 0 radical (unpaired) electrons. The highest BCUT2D eigenvalue weighted by Gasteiger charge is 2.51. The van der Waals surface area contributed by atoms with Crippen molar-refractivity contribution in [1.82, 2.24) is 0 Å². The highest BCUT2D eigenvalue weighted by atomic mass is 16.5. The molecule has 1 aliphatic carbocycles. The zero-order valence-corrected chi connectivity index (χ0v) is 17.2. The first-order chi connectivity index (χ1) is 14.1. The zero-order chi connectivity index (χ0) is 20.3. The third-order valence-corrected chi connectivity index (χ3v) is 6.84. The molecule has 0 aromatic heterocycles. The summed E-state index contributed by atoms with van der Waals surface area (Å²) in [4.78, 5) is 1.47. The summed E-state index contributed by atoms with van der Waals surface area (Å²) in [7, 11) is 1.59. The summed E-state index contributed by atoms with van der Waals surface area (Å²) in [6.45, 7) is 1.86. The van der Waals surface area contributed by atoms with Gasteiger partial charge in [-0.05, 0) is 42.7 Å². The minimum Gasteiger partial charge on any atom is -0.504 e. The van der Waals surface area contributed by atoms with Crippen molar-refractivity contribution >= 4 is 6.08 Å². The van der Waals surface area contributed by atoms with Crippen molar-refractivity contribution in [3.8, 4) is 11.5 Å². The summed E-state index contributed by atoms with van der Waals surface area (Å²) in [5, 5.41) is 21.5. The molecule has 1 saturated carbocycles. The molecular weight excluding hydrogens is 362 g/mol. The number of likely N-dealkylation sites (tertiary alicyclic amines) is 1. The summed E-state index contributed by atoms with van der Waals surface area (Å²) in [6.07, 6.45) is 9.53. The Labute approximate surface area is 173 Å². The minimum atomic E-state index is -0.569. The number of benzene rings is 2. The molecule has 0 amide bonds. The third kappa shape index (κ3) is 4.19. The lowest BCUT2D eigenvalue weighted by atomic mass is 9.66. The molecule has 1 aliphatic heterocycles. The fraction of sp³-hybridized carbons (Fsp3) is 0.440. The molecule has 0 spiro atoms. The molecule has 1 heterocycles. The van der Waals surface area contributed by atoms with Gasteiger partial charge < -0.3 is 19.8 Å². The summed E-state index contributed by atoms with van der Waals surface area (Å²) in [5.41, 5.74) is 1.79. The standard InChI is InChI=1S/C25H31NO3/c1-29-23-18-20(12-13-22(23)27)24-21-11-5-6-14-25(21,28)15-17-26(24)16-7-10-19-8-3-2-4-9-19/h2-4,7-10,12-13,18,21,24,27-28H,5-6,11,14-17H2,1H3/p+1/b10-7+/t21-,24-,25-/m0/s1. The van der Waals surface area contributed by atoms with Gasteiger partial charge in [0.2, 0.25) is 0 Å². The van der Waals surface area contributed by atoms with Crippen molar-refractivity contribution in [2.24, 2.45) is 5.92 Å². The Morgan fingerprint density at radius 3 is 2.76 bits per heavy atom. The number of hydrogen-bond donors (Lipinski definition) is 3. The molecule has 154 valence electrons. The van der Waals surface area contributed by atoms with Gasteiger partial charge in [0, 0.05) is 17.9 Å². The zero-order valence-electron chi connectivity index (χ0n) is 17.2. The lowest BCUT2D eigenvalue weighted by molar-refractivity contribution is -0.939. The molecule has 2 fully saturated rings. The Kier molecular flexibility index (Phi) is 5.93. The van der Waals surface area contributed by atoms with Crippen LogP contribution < -0.4 is 9.64 Å². The van der Waals surface area contributed by atoms with Crippen molar-refractivity contribution in [2.45, 2.75) is 43.7 Å². The largest absolute Gasteiger partial charge is 0.504 e. The van der Waals surface area contributed by atoms with E-state index in [2.05, 4.69) is 36.4 Å². The molecule has 2 aromatic carbocycles. The average molecular weight is 395 g/mol. The topological polar surface area (TPSA) is 54.1 Å². The first kappa shape index (κ1) is 20.0. The molecule has 4 rings (SSSR count). The Morgan fingerprint density at radius 2 is 1.97 bits per heavy atom. The van der Waals surface area contributed by atoms with Gasteiger partial charge >= 0.3 is 0 Å². The summed E-state index contributed by atoms with van der Waals surface area (Å²) >= 11 is 0. The molecule has 1 saturated heterocycles. The lowest BCUT2D eigenvalue weighted by Crippen LogP contribution is -3.14. The number of aliphatic hydroxyl groups is 1. The van der Waals surface area contributed by atoms with Crippen LogP contribution in [0.5, 0.6) is 11.5 Å². The first-order valence-electron chi connectivity index (χ1n) is 10.8. The van der Waals surface area contributed by atoms with Crippen LogP contribution in [0.1, 0.15) is 49.3 Å². The van der Waals surface area contributed by atoms with Gasteiger partial charge in [-0.15, -0.1) is 0 Å². The van der Waals surface area contributed by atoms with Crippen LogP contribution in [0, 0.1) is 5.92 Å².